The van der Waals surface area contributed by atoms with Crippen molar-refractivity contribution in [2.75, 3.05) is 31.1 Å². The lowest BCUT2D eigenvalue weighted by Gasteiger charge is -2.34. The van der Waals surface area contributed by atoms with Gasteiger partial charge in [0.05, 0.1) is 5.92 Å². The van der Waals surface area contributed by atoms with E-state index in [1.54, 1.807) is 0 Å². The lowest BCUT2D eigenvalue weighted by Crippen LogP contribution is -2.49. The minimum atomic E-state index is -5.08. The summed E-state index contributed by atoms with van der Waals surface area (Å²) >= 11 is 0. The van der Waals surface area contributed by atoms with Gasteiger partial charge in [0, 0.05) is 31.9 Å². The maximum absolute atomic E-state index is 12.4. The molecule has 1 aromatic rings. The Morgan fingerprint density at radius 3 is 2.41 bits per heavy atom. The molecule has 2 fully saturated rings. The van der Waals surface area contributed by atoms with Gasteiger partial charge in [-0.25, -0.2) is 9.78 Å². The Morgan fingerprint density at radius 2 is 1.90 bits per heavy atom. The third-order valence-electron chi connectivity index (χ3n) is 5.00. The largest absolute Gasteiger partial charge is 0.490 e. The molecule has 29 heavy (non-hydrogen) atoms. The van der Waals surface area contributed by atoms with Gasteiger partial charge in [-0.1, -0.05) is 13.0 Å². The number of nitrogens with zero attached hydrogens (tertiary/aromatic N) is 2. The zero-order valence-electron chi connectivity index (χ0n) is 16.3. The molecule has 1 amide bonds. The smallest absolute Gasteiger partial charge is 0.475 e. The van der Waals surface area contributed by atoms with Gasteiger partial charge < -0.3 is 20.6 Å². The van der Waals surface area contributed by atoms with Gasteiger partial charge in [-0.3, -0.25) is 4.79 Å². The molecule has 0 saturated carbocycles. The van der Waals surface area contributed by atoms with Crippen LogP contribution in [-0.2, 0) is 9.59 Å². The maximum atomic E-state index is 12.4. The van der Waals surface area contributed by atoms with E-state index in [9.17, 15) is 18.0 Å². The lowest BCUT2D eigenvalue weighted by atomic mass is 9.90. The Hall–Kier alpha value is -2.36. The first-order valence-electron chi connectivity index (χ1n) is 9.64. The van der Waals surface area contributed by atoms with Crippen LogP contribution >= 0.6 is 0 Å². The van der Waals surface area contributed by atoms with E-state index in [2.05, 4.69) is 27.4 Å². The van der Waals surface area contributed by atoms with E-state index in [0.29, 0.717) is 12.0 Å². The van der Waals surface area contributed by atoms with Gasteiger partial charge >= 0.3 is 12.1 Å². The number of amides is 1. The second-order valence-electron chi connectivity index (χ2n) is 7.46. The predicted molar refractivity (Wildman–Crippen MR) is 101 cm³/mol. The summed E-state index contributed by atoms with van der Waals surface area (Å²) in [6.45, 7) is 5.98. The van der Waals surface area contributed by atoms with E-state index in [-0.39, 0.29) is 11.8 Å². The number of rotatable bonds is 3. The summed E-state index contributed by atoms with van der Waals surface area (Å²) in [6.07, 6.45) is -0.248. The highest BCUT2D eigenvalue weighted by atomic mass is 19.4. The topological polar surface area (TPSA) is 94.6 Å². The van der Waals surface area contributed by atoms with Crippen LogP contribution in [0.2, 0.25) is 0 Å². The zero-order chi connectivity index (χ0) is 21.4. The average Bonchev–Trinajstić information content (AvgIpc) is 2.69. The molecule has 0 aromatic carbocycles. The second kappa shape index (κ2) is 10.4. The molecule has 2 aliphatic heterocycles. The molecule has 2 aliphatic rings. The van der Waals surface area contributed by atoms with Gasteiger partial charge in [0.25, 0.3) is 0 Å². The number of carboxylic acid groups (broad SMARTS) is 1. The van der Waals surface area contributed by atoms with Gasteiger partial charge in [0.1, 0.15) is 5.82 Å². The third kappa shape index (κ3) is 7.52. The van der Waals surface area contributed by atoms with Gasteiger partial charge in [-0.2, -0.15) is 13.2 Å². The number of alkyl halides is 3. The van der Waals surface area contributed by atoms with Crippen molar-refractivity contribution < 1.29 is 27.9 Å². The highest BCUT2D eigenvalue weighted by Gasteiger charge is 2.38. The monoisotopic (exact) mass is 416 g/mol. The van der Waals surface area contributed by atoms with E-state index in [1.807, 2.05) is 24.4 Å². The first kappa shape index (κ1) is 22.9. The molecule has 10 heteroatoms. The fourth-order valence-electron chi connectivity index (χ4n) is 3.47. The molecule has 2 atom stereocenters. The van der Waals surface area contributed by atoms with Crippen LogP contribution in [0, 0.1) is 11.8 Å². The molecule has 7 nitrogen and oxygen atoms in total. The van der Waals surface area contributed by atoms with Crippen LogP contribution in [-0.4, -0.2) is 60.4 Å². The van der Waals surface area contributed by atoms with Crippen LogP contribution in [0.5, 0.6) is 0 Å². The SMILES string of the molecule is CC1CNCC(C(=O)NC2CCN(c3ccccn3)CC2)C1.O=C(O)C(F)(F)F. The summed E-state index contributed by atoms with van der Waals surface area (Å²) in [5.74, 6) is -0.756. The van der Waals surface area contributed by atoms with Crippen molar-refractivity contribution in [3.63, 3.8) is 0 Å². The lowest BCUT2D eigenvalue weighted by molar-refractivity contribution is -0.192. The van der Waals surface area contributed by atoms with E-state index in [1.165, 1.54) is 0 Å². The van der Waals surface area contributed by atoms with Crippen LogP contribution in [0.25, 0.3) is 0 Å². The number of aliphatic carboxylic acids is 1. The molecule has 2 unspecified atom stereocenters. The normalized spacial score (nSPS) is 23.0. The predicted octanol–water partition coefficient (Wildman–Crippen LogP) is 2.05. The zero-order valence-corrected chi connectivity index (χ0v) is 16.3. The molecule has 0 aliphatic carbocycles. The number of nitrogens with one attached hydrogen (secondary N) is 2. The molecule has 3 heterocycles. The number of aromatic nitrogens is 1. The molecule has 3 N–H and O–H groups in total. The third-order valence-corrected chi connectivity index (χ3v) is 5.00. The number of anilines is 1. The number of piperidine rings is 2. The summed E-state index contributed by atoms with van der Waals surface area (Å²) in [4.78, 5) is 28.0. The Balaban J connectivity index is 0.000000370. The quantitative estimate of drug-likeness (QED) is 0.698. The summed E-state index contributed by atoms with van der Waals surface area (Å²) in [5, 5.41) is 13.7. The molecule has 0 spiro atoms. The van der Waals surface area contributed by atoms with Gasteiger partial charge in [0.15, 0.2) is 0 Å². The summed E-state index contributed by atoms with van der Waals surface area (Å²) in [5.41, 5.74) is 0. The van der Waals surface area contributed by atoms with Crippen molar-refractivity contribution in [2.45, 2.75) is 38.4 Å². The maximum Gasteiger partial charge on any atom is 0.490 e. The standard InChI is InChI=1S/C17H26N4O.C2HF3O2/c1-13-10-14(12-18-11-13)17(22)20-15-5-8-21(9-6-15)16-4-2-3-7-19-16;3-2(4,5)1(6)7/h2-4,7,13-15,18H,5-6,8-12H2,1H3,(H,20,22);(H,6,7). The highest BCUT2D eigenvalue weighted by molar-refractivity contribution is 5.79. The molecule has 162 valence electrons. The van der Waals surface area contributed by atoms with E-state index in [4.69, 9.17) is 9.90 Å². The van der Waals surface area contributed by atoms with E-state index < -0.39 is 12.1 Å². The van der Waals surface area contributed by atoms with Crippen molar-refractivity contribution in [1.82, 2.24) is 15.6 Å². The molecule has 0 bridgehead atoms. The molecule has 3 rings (SSSR count). The number of carbonyl (C=O) groups excluding carboxylic acids is 1. The number of hydrogen-bond acceptors (Lipinski definition) is 5. The molecule has 1 aromatic heterocycles. The molecular weight excluding hydrogens is 389 g/mol. The Kier molecular flexibility index (Phi) is 8.24. The van der Waals surface area contributed by atoms with Crippen molar-refractivity contribution in [2.24, 2.45) is 11.8 Å². The van der Waals surface area contributed by atoms with Gasteiger partial charge in [-0.05, 0) is 43.9 Å². The van der Waals surface area contributed by atoms with E-state index >= 15 is 0 Å². The van der Waals surface area contributed by atoms with Crippen molar-refractivity contribution in [3.05, 3.63) is 24.4 Å². The highest BCUT2D eigenvalue weighted by Crippen LogP contribution is 2.19. The Labute approximate surface area is 167 Å². The van der Waals surface area contributed by atoms with Gasteiger partial charge in [0.2, 0.25) is 5.91 Å². The molecule has 2 saturated heterocycles. The number of hydrogen-bond donors (Lipinski definition) is 3. The van der Waals surface area contributed by atoms with E-state index in [0.717, 1.165) is 51.3 Å². The Bertz CT molecular complexity index is 664. The summed E-state index contributed by atoms with van der Waals surface area (Å²) in [7, 11) is 0. The van der Waals surface area contributed by atoms with Crippen LogP contribution in [0.4, 0.5) is 19.0 Å². The minimum Gasteiger partial charge on any atom is -0.475 e. The van der Waals surface area contributed by atoms with Crippen LogP contribution < -0.4 is 15.5 Å². The summed E-state index contributed by atoms with van der Waals surface area (Å²) < 4.78 is 31.7. The minimum absolute atomic E-state index is 0.137. The first-order chi connectivity index (χ1) is 13.7. The number of carboxylic acids is 1. The number of halogens is 3. The van der Waals surface area contributed by atoms with Crippen LogP contribution in [0.15, 0.2) is 24.4 Å². The number of carbonyl (C=O) groups is 2. The fourth-order valence-corrected chi connectivity index (χ4v) is 3.47. The van der Waals surface area contributed by atoms with Crippen molar-refractivity contribution >= 4 is 17.7 Å². The van der Waals surface area contributed by atoms with Crippen molar-refractivity contribution in [3.8, 4) is 0 Å². The molecular formula is C19H27F3N4O3. The summed E-state index contributed by atoms with van der Waals surface area (Å²) in [6, 6.07) is 6.32. The van der Waals surface area contributed by atoms with Crippen LogP contribution in [0.3, 0.4) is 0 Å². The van der Waals surface area contributed by atoms with Crippen molar-refractivity contribution in [1.29, 1.82) is 0 Å². The first-order valence-corrected chi connectivity index (χ1v) is 9.64. The average molecular weight is 416 g/mol. The second-order valence-corrected chi connectivity index (χ2v) is 7.46. The van der Waals surface area contributed by atoms with Gasteiger partial charge in [-0.15, -0.1) is 0 Å². The fraction of sp³-hybridized carbons (Fsp3) is 0.632. The number of pyridine rings is 1. The Morgan fingerprint density at radius 1 is 1.24 bits per heavy atom. The van der Waals surface area contributed by atoms with Crippen LogP contribution in [0.1, 0.15) is 26.2 Å². The molecule has 0 radical (unpaired) electrons.